The van der Waals surface area contributed by atoms with Crippen LogP contribution in [0.1, 0.15) is 10.6 Å². The van der Waals surface area contributed by atoms with Gasteiger partial charge in [0.1, 0.15) is 5.69 Å². The van der Waals surface area contributed by atoms with Crippen molar-refractivity contribution in [1.29, 1.82) is 0 Å². The van der Waals surface area contributed by atoms with Crippen LogP contribution in [-0.2, 0) is 4.74 Å². The van der Waals surface area contributed by atoms with Crippen LogP contribution < -0.4 is 15.1 Å². The molecule has 10 nitrogen and oxygen atoms in total. The number of hydrogen-bond donors (Lipinski definition) is 1. The van der Waals surface area contributed by atoms with E-state index in [2.05, 4.69) is 10.2 Å². The van der Waals surface area contributed by atoms with Gasteiger partial charge in [-0.25, -0.2) is 0 Å². The predicted octanol–water partition coefficient (Wildman–Crippen LogP) is 1.86. The van der Waals surface area contributed by atoms with Crippen LogP contribution in [0.15, 0.2) is 41.0 Å². The molecule has 2 saturated heterocycles. The fourth-order valence-electron chi connectivity index (χ4n) is 3.73. The number of hydrogen-bond acceptors (Lipinski definition) is 8. The number of amides is 1. The van der Waals surface area contributed by atoms with E-state index in [1.165, 1.54) is 6.26 Å². The molecule has 2 fully saturated rings. The zero-order chi connectivity index (χ0) is 21.8. The van der Waals surface area contributed by atoms with Gasteiger partial charge in [-0.1, -0.05) is 0 Å². The molecule has 1 N–H and O–H groups in total. The van der Waals surface area contributed by atoms with Crippen molar-refractivity contribution in [2.24, 2.45) is 0 Å². The minimum absolute atomic E-state index is 0.103. The molecule has 3 heterocycles. The summed E-state index contributed by atoms with van der Waals surface area (Å²) >= 11 is 5.37. The quantitative estimate of drug-likeness (QED) is 0.429. The lowest BCUT2D eigenvalue weighted by molar-refractivity contribution is -0.384. The van der Waals surface area contributed by atoms with Crippen LogP contribution in [0.25, 0.3) is 0 Å². The van der Waals surface area contributed by atoms with E-state index in [-0.39, 0.29) is 22.3 Å². The average molecular weight is 446 g/mol. The molecule has 2 aromatic rings. The molecule has 4 rings (SSSR count). The van der Waals surface area contributed by atoms with Crippen molar-refractivity contribution < 1.29 is 18.9 Å². The zero-order valence-corrected chi connectivity index (χ0v) is 17.7. The lowest BCUT2D eigenvalue weighted by Crippen LogP contribution is -2.52. The summed E-state index contributed by atoms with van der Waals surface area (Å²) in [5, 5.41) is 14.6. The summed E-state index contributed by atoms with van der Waals surface area (Å²) in [6.07, 6.45) is 1.44. The van der Waals surface area contributed by atoms with Gasteiger partial charge in [-0.3, -0.25) is 20.2 Å². The number of carbonyl (C=O) groups excluding carboxylic acids is 1. The van der Waals surface area contributed by atoms with E-state index in [1.54, 1.807) is 24.3 Å². The minimum Gasteiger partial charge on any atom is -0.459 e. The maximum Gasteiger partial charge on any atom is 0.293 e. The number of nitro groups is 1. The molecule has 0 radical (unpaired) electrons. The number of nitrogens with zero attached hydrogens (tertiary/aromatic N) is 4. The highest BCUT2D eigenvalue weighted by molar-refractivity contribution is 7.80. The molecule has 0 unspecified atom stereocenters. The van der Waals surface area contributed by atoms with Crippen LogP contribution in [0, 0.1) is 10.1 Å². The van der Waals surface area contributed by atoms with E-state index in [0.717, 1.165) is 5.69 Å². The topological polar surface area (TPSA) is 104 Å². The molecule has 0 spiro atoms. The molecule has 0 saturated carbocycles. The van der Waals surface area contributed by atoms with E-state index in [9.17, 15) is 14.9 Å². The molecule has 0 aliphatic carbocycles. The summed E-state index contributed by atoms with van der Waals surface area (Å²) in [6, 6.07) is 8.47. The lowest BCUT2D eigenvalue weighted by Gasteiger charge is -2.37. The number of furan rings is 1. The van der Waals surface area contributed by atoms with Crippen molar-refractivity contribution >= 4 is 40.3 Å². The second-order valence-corrected chi connectivity index (χ2v) is 7.63. The average Bonchev–Trinajstić information content (AvgIpc) is 3.34. The van der Waals surface area contributed by atoms with Gasteiger partial charge in [-0.15, -0.1) is 0 Å². The summed E-state index contributed by atoms with van der Waals surface area (Å²) in [5.74, 6) is -0.162. The number of nitro benzene ring substituents is 1. The molecular formula is C20H23N5O5S. The Balaban J connectivity index is 1.40. The third-order valence-corrected chi connectivity index (χ3v) is 5.77. The van der Waals surface area contributed by atoms with Crippen LogP contribution in [-0.4, -0.2) is 73.3 Å². The smallest absolute Gasteiger partial charge is 0.293 e. The minimum atomic E-state index is -0.372. The van der Waals surface area contributed by atoms with E-state index in [4.69, 9.17) is 21.4 Å². The maximum atomic E-state index is 12.1. The van der Waals surface area contributed by atoms with Crippen LogP contribution in [0.4, 0.5) is 17.1 Å². The first-order valence-electron chi connectivity index (χ1n) is 10.0. The number of morpholine rings is 1. The first-order chi connectivity index (χ1) is 15.0. The maximum absolute atomic E-state index is 12.1. The van der Waals surface area contributed by atoms with Gasteiger partial charge in [-0.05, 0) is 36.5 Å². The van der Waals surface area contributed by atoms with Crippen LogP contribution in [0.5, 0.6) is 0 Å². The molecule has 2 aliphatic heterocycles. The number of benzene rings is 1. The highest BCUT2D eigenvalue weighted by atomic mass is 32.1. The fourth-order valence-corrected chi connectivity index (χ4v) is 4.01. The molecule has 164 valence electrons. The largest absolute Gasteiger partial charge is 0.459 e. The van der Waals surface area contributed by atoms with Gasteiger partial charge >= 0.3 is 0 Å². The molecule has 1 aromatic heterocycles. The fraction of sp³-hybridized carbons (Fsp3) is 0.400. The van der Waals surface area contributed by atoms with Crippen LogP contribution in [0.2, 0.25) is 0 Å². The summed E-state index contributed by atoms with van der Waals surface area (Å²) in [5.41, 5.74) is 1.65. The Bertz CT molecular complexity index is 953. The Morgan fingerprint density at radius 1 is 1.06 bits per heavy atom. The summed E-state index contributed by atoms with van der Waals surface area (Å²) in [6.45, 7) is 4.97. The molecule has 0 atom stereocenters. The van der Waals surface area contributed by atoms with Crippen LogP contribution >= 0.6 is 12.2 Å². The summed E-state index contributed by atoms with van der Waals surface area (Å²) in [4.78, 5) is 29.4. The van der Waals surface area contributed by atoms with Crippen molar-refractivity contribution in [2.45, 2.75) is 0 Å². The lowest BCUT2D eigenvalue weighted by atomic mass is 10.1. The normalized spacial score (nSPS) is 16.8. The van der Waals surface area contributed by atoms with E-state index >= 15 is 0 Å². The number of rotatable bonds is 4. The number of anilines is 2. The van der Waals surface area contributed by atoms with Crippen molar-refractivity contribution in [3.05, 3.63) is 52.5 Å². The van der Waals surface area contributed by atoms with Crippen molar-refractivity contribution in [1.82, 2.24) is 10.2 Å². The van der Waals surface area contributed by atoms with Crippen molar-refractivity contribution in [3.8, 4) is 0 Å². The van der Waals surface area contributed by atoms with Gasteiger partial charge in [0.25, 0.3) is 11.6 Å². The van der Waals surface area contributed by atoms with Crippen LogP contribution in [0.3, 0.4) is 0 Å². The van der Waals surface area contributed by atoms with Crippen molar-refractivity contribution in [3.63, 3.8) is 0 Å². The van der Waals surface area contributed by atoms with Crippen molar-refractivity contribution in [2.75, 3.05) is 62.3 Å². The molecular weight excluding hydrogens is 422 g/mol. The second kappa shape index (κ2) is 9.31. The summed E-state index contributed by atoms with van der Waals surface area (Å²) in [7, 11) is 0. The molecule has 1 amide bonds. The Morgan fingerprint density at radius 2 is 1.81 bits per heavy atom. The van der Waals surface area contributed by atoms with E-state index in [0.29, 0.717) is 63.3 Å². The first-order valence-corrected chi connectivity index (χ1v) is 10.4. The Labute approximate surface area is 184 Å². The Kier molecular flexibility index (Phi) is 6.33. The predicted molar refractivity (Wildman–Crippen MR) is 119 cm³/mol. The Morgan fingerprint density at radius 3 is 2.45 bits per heavy atom. The highest BCUT2D eigenvalue weighted by Gasteiger charge is 2.25. The summed E-state index contributed by atoms with van der Waals surface area (Å²) < 4.78 is 10.5. The molecule has 31 heavy (non-hydrogen) atoms. The van der Waals surface area contributed by atoms with Gasteiger partial charge in [-0.2, -0.15) is 0 Å². The second-order valence-electron chi connectivity index (χ2n) is 7.24. The number of nitrogens with one attached hydrogen (secondary N) is 1. The van der Waals surface area contributed by atoms with Gasteiger partial charge in [0.15, 0.2) is 10.9 Å². The van der Waals surface area contributed by atoms with Gasteiger partial charge in [0.2, 0.25) is 0 Å². The monoisotopic (exact) mass is 445 g/mol. The Hall–Kier alpha value is -3.18. The first kappa shape index (κ1) is 21.1. The number of piperazine rings is 1. The van der Waals surface area contributed by atoms with E-state index < -0.39 is 0 Å². The molecule has 2 aliphatic rings. The van der Waals surface area contributed by atoms with Gasteiger partial charge in [0, 0.05) is 51.0 Å². The van der Waals surface area contributed by atoms with Gasteiger partial charge < -0.3 is 23.9 Å². The highest BCUT2D eigenvalue weighted by Crippen LogP contribution is 2.33. The number of ether oxygens (including phenoxy) is 1. The standard InChI is InChI=1S/C20H23N5O5S/c26-19(18-2-1-11-30-18)21-20(31)24-7-5-22(6-8-24)15-3-4-16(25(27)28)17(14-15)23-9-12-29-13-10-23/h1-4,11,14H,5-10,12-13H2,(H,21,26,31). The number of thiocarbonyl (C=S) groups is 1. The van der Waals surface area contributed by atoms with Gasteiger partial charge in [0.05, 0.1) is 24.4 Å². The van der Waals surface area contributed by atoms with E-state index in [1.807, 2.05) is 15.9 Å². The molecule has 0 bridgehead atoms. The molecule has 1 aromatic carbocycles. The zero-order valence-electron chi connectivity index (χ0n) is 16.9. The third kappa shape index (κ3) is 4.78. The molecule has 11 heteroatoms. The SMILES string of the molecule is O=C(NC(=S)N1CCN(c2ccc([N+](=O)[O-])c(N3CCOCC3)c2)CC1)c1ccco1. The number of carbonyl (C=O) groups is 1. The third-order valence-electron chi connectivity index (χ3n) is 5.40.